The van der Waals surface area contributed by atoms with Crippen LogP contribution in [0.4, 0.5) is 0 Å². The van der Waals surface area contributed by atoms with E-state index in [1.807, 2.05) is 24.3 Å². The zero-order chi connectivity index (χ0) is 8.81. The van der Waals surface area contributed by atoms with Gasteiger partial charge in [0.2, 0.25) is 0 Å². The SMILES string of the molecule is C#CCNCc1ccccc1Cl.Cl. The van der Waals surface area contributed by atoms with Gasteiger partial charge in [0.15, 0.2) is 0 Å². The van der Waals surface area contributed by atoms with Crippen molar-refractivity contribution in [2.45, 2.75) is 6.54 Å². The molecule has 0 aliphatic carbocycles. The maximum absolute atomic E-state index is 5.91. The molecular weight excluding hydrogens is 205 g/mol. The average molecular weight is 216 g/mol. The summed E-state index contributed by atoms with van der Waals surface area (Å²) < 4.78 is 0. The van der Waals surface area contributed by atoms with E-state index < -0.39 is 0 Å². The van der Waals surface area contributed by atoms with Gasteiger partial charge in [-0.3, -0.25) is 0 Å². The molecule has 0 saturated carbocycles. The molecule has 0 amide bonds. The molecular formula is C10H11Cl2N. The molecule has 0 aromatic heterocycles. The summed E-state index contributed by atoms with van der Waals surface area (Å²) in [5.74, 6) is 2.50. The van der Waals surface area contributed by atoms with E-state index in [0.29, 0.717) is 6.54 Å². The van der Waals surface area contributed by atoms with Crippen LogP contribution >= 0.6 is 24.0 Å². The molecule has 1 aromatic rings. The van der Waals surface area contributed by atoms with Gasteiger partial charge in [0, 0.05) is 11.6 Å². The Morgan fingerprint density at radius 1 is 1.38 bits per heavy atom. The second-order valence-electron chi connectivity index (χ2n) is 2.40. The number of nitrogens with one attached hydrogen (secondary N) is 1. The highest BCUT2D eigenvalue weighted by molar-refractivity contribution is 6.31. The van der Waals surface area contributed by atoms with Gasteiger partial charge in [-0.2, -0.15) is 0 Å². The highest BCUT2D eigenvalue weighted by Crippen LogP contribution is 2.13. The maximum atomic E-state index is 5.91. The molecule has 0 aliphatic heterocycles. The minimum Gasteiger partial charge on any atom is -0.302 e. The molecule has 1 rings (SSSR count). The predicted octanol–water partition coefficient (Wildman–Crippen LogP) is 2.48. The van der Waals surface area contributed by atoms with Gasteiger partial charge in [0.1, 0.15) is 0 Å². The van der Waals surface area contributed by atoms with Crippen LogP contribution < -0.4 is 5.32 Å². The Kier molecular flexibility index (Phi) is 6.44. The fraction of sp³-hybridized carbons (Fsp3) is 0.200. The first-order valence-electron chi connectivity index (χ1n) is 3.72. The normalized spacial score (nSPS) is 8.62. The lowest BCUT2D eigenvalue weighted by atomic mass is 10.2. The Labute approximate surface area is 89.9 Å². The third-order valence-electron chi connectivity index (χ3n) is 1.50. The molecule has 13 heavy (non-hydrogen) atoms. The molecule has 0 heterocycles. The van der Waals surface area contributed by atoms with Crippen molar-refractivity contribution in [2.24, 2.45) is 0 Å². The molecule has 0 radical (unpaired) electrons. The van der Waals surface area contributed by atoms with E-state index in [9.17, 15) is 0 Å². The van der Waals surface area contributed by atoms with Crippen LogP contribution in [0.2, 0.25) is 5.02 Å². The van der Waals surface area contributed by atoms with Crippen molar-refractivity contribution in [1.29, 1.82) is 0 Å². The lowest BCUT2D eigenvalue weighted by Crippen LogP contribution is -2.13. The topological polar surface area (TPSA) is 12.0 Å². The molecule has 0 saturated heterocycles. The van der Waals surface area contributed by atoms with Crippen LogP contribution in [0.3, 0.4) is 0 Å². The van der Waals surface area contributed by atoms with Gasteiger partial charge in [0.25, 0.3) is 0 Å². The summed E-state index contributed by atoms with van der Waals surface area (Å²) in [6.45, 7) is 1.30. The van der Waals surface area contributed by atoms with E-state index in [4.69, 9.17) is 18.0 Å². The molecule has 0 bridgehead atoms. The number of hydrogen-bond acceptors (Lipinski definition) is 1. The van der Waals surface area contributed by atoms with E-state index >= 15 is 0 Å². The largest absolute Gasteiger partial charge is 0.302 e. The maximum Gasteiger partial charge on any atom is 0.0576 e. The molecule has 0 unspecified atom stereocenters. The molecule has 0 fully saturated rings. The Balaban J connectivity index is 0.00000144. The first-order chi connectivity index (χ1) is 5.84. The van der Waals surface area contributed by atoms with Crippen LogP contribution in [0.15, 0.2) is 24.3 Å². The first kappa shape index (κ1) is 12.3. The summed E-state index contributed by atoms with van der Waals surface area (Å²) >= 11 is 5.91. The van der Waals surface area contributed by atoms with E-state index in [2.05, 4.69) is 11.2 Å². The summed E-state index contributed by atoms with van der Waals surface area (Å²) in [7, 11) is 0. The van der Waals surface area contributed by atoms with E-state index in [-0.39, 0.29) is 12.4 Å². The smallest absolute Gasteiger partial charge is 0.0576 e. The molecule has 1 N–H and O–H groups in total. The summed E-state index contributed by atoms with van der Waals surface area (Å²) in [4.78, 5) is 0. The summed E-state index contributed by atoms with van der Waals surface area (Å²) in [6.07, 6.45) is 5.09. The van der Waals surface area contributed by atoms with E-state index in [1.165, 1.54) is 0 Å². The Hall–Kier alpha value is -0.680. The second kappa shape index (κ2) is 6.80. The molecule has 0 aliphatic rings. The van der Waals surface area contributed by atoms with Crippen LogP contribution in [0.1, 0.15) is 5.56 Å². The zero-order valence-electron chi connectivity index (χ0n) is 7.09. The Bertz CT molecular complexity index is 291. The number of terminal acetylenes is 1. The molecule has 1 nitrogen and oxygen atoms in total. The first-order valence-corrected chi connectivity index (χ1v) is 4.10. The average Bonchev–Trinajstić information content (AvgIpc) is 2.09. The van der Waals surface area contributed by atoms with Gasteiger partial charge in [-0.25, -0.2) is 0 Å². The quantitative estimate of drug-likeness (QED) is 0.604. The van der Waals surface area contributed by atoms with Gasteiger partial charge in [-0.1, -0.05) is 35.7 Å². The summed E-state index contributed by atoms with van der Waals surface area (Å²) in [6, 6.07) is 7.71. The molecule has 0 atom stereocenters. The monoisotopic (exact) mass is 215 g/mol. The number of rotatable bonds is 3. The minimum absolute atomic E-state index is 0. The van der Waals surface area contributed by atoms with Crippen molar-refractivity contribution in [1.82, 2.24) is 5.32 Å². The van der Waals surface area contributed by atoms with Gasteiger partial charge >= 0.3 is 0 Å². The van der Waals surface area contributed by atoms with Gasteiger partial charge in [-0.15, -0.1) is 18.8 Å². The molecule has 0 spiro atoms. The lowest BCUT2D eigenvalue weighted by molar-refractivity contribution is 0.770. The van der Waals surface area contributed by atoms with Crippen LogP contribution in [0.25, 0.3) is 0 Å². The number of hydrogen-bond donors (Lipinski definition) is 1. The summed E-state index contributed by atoms with van der Waals surface area (Å²) in [5.41, 5.74) is 1.08. The van der Waals surface area contributed by atoms with Crippen LogP contribution in [0, 0.1) is 12.3 Å². The van der Waals surface area contributed by atoms with Crippen LogP contribution in [0.5, 0.6) is 0 Å². The molecule has 70 valence electrons. The Morgan fingerprint density at radius 3 is 2.69 bits per heavy atom. The second-order valence-corrected chi connectivity index (χ2v) is 2.81. The lowest BCUT2D eigenvalue weighted by Gasteiger charge is -2.02. The van der Waals surface area contributed by atoms with Crippen LogP contribution in [-0.2, 0) is 6.54 Å². The van der Waals surface area contributed by atoms with Crippen LogP contribution in [-0.4, -0.2) is 6.54 Å². The van der Waals surface area contributed by atoms with Gasteiger partial charge < -0.3 is 5.32 Å². The van der Waals surface area contributed by atoms with Crippen molar-refractivity contribution < 1.29 is 0 Å². The fourth-order valence-corrected chi connectivity index (χ4v) is 1.11. The third kappa shape index (κ3) is 4.19. The van der Waals surface area contributed by atoms with Crippen molar-refractivity contribution in [3.8, 4) is 12.3 Å². The van der Waals surface area contributed by atoms with Gasteiger partial charge in [-0.05, 0) is 11.6 Å². The minimum atomic E-state index is 0. The van der Waals surface area contributed by atoms with Gasteiger partial charge in [0.05, 0.1) is 6.54 Å². The van der Waals surface area contributed by atoms with E-state index in [0.717, 1.165) is 17.1 Å². The fourth-order valence-electron chi connectivity index (χ4n) is 0.911. The zero-order valence-corrected chi connectivity index (χ0v) is 8.66. The third-order valence-corrected chi connectivity index (χ3v) is 1.87. The predicted molar refractivity (Wildman–Crippen MR) is 59.2 cm³/mol. The highest BCUT2D eigenvalue weighted by Gasteiger charge is 1.95. The van der Waals surface area contributed by atoms with E-state index in [1.54, 1.807) is 0 Å². The Morgan fingerprint density at radius 2 is 2.08 bits per heavy atom. The van der Waals surface area contributed by atoms with Crippen molar-refractivity contribution >= 4 is 24.0 Å². The number of benzene rings is 1. The number of halogens is 2. The van der Waals surface area contributed by atoms with Crippen molar-refractivity contribution in [3.63, 3.8) is 0 Å². The standard InChI is InChI=1S/C10H10ClN.ClH/c1-2-7-12-8-9-5-3-4-6-10(9)11;/h1,3-6,12H,7-8H2;1H. The molecule has 3 heteroatoms. The van der Waals surface area contributed by atoms with Crippen molar-refractivity contribution in [3.05, 3.63) is 34.9 Å². The highest BCUT2D eigenvalue weighted by atomic mass is 35.5. The molecule has 1 aromatic carbocycles. The van der Waals surface area contributed by atoms with Crippen molar-refractivity contribution in [2.75, 3.05) is 6.54 Å². The summed E-state index contributed by atoms with van der Waals surface area (Å²) in [5, 5.41) is 3.85.